The van der Waals surface area contributed by atoms with Gasteiger partial charge in [-0.2, -0.15) is 0 Å². The highest BCUT2D eigenvalue weighted by molar-refractivity contribution is 6.42. The van der Waals surface area contributed by atoms with Crippen LogP contribution in [0, 0.1) is 0 Å². The van der Waals surface area contributed by atoms with Gasteiger partial charge in [0.1, 0.15) is 0 Å². The molecule has 0 aromatic carbocycles. The first kappa shape index (κ1) is 11.3. The van der Waals surface area contributed by atoms with Crippen LogP contribution in [-0.4, -0.2) is 33.2 Å². The van der Waals surface area contributed by atoms with E-state index in [9.17, 15) is 0 Å². The molecule has 0 bridgehead atoms. The van der Waals surface area contributed by atoms with Crippen LogP contribution in [0.1, 0.15) is 26.7 Å². The minimum Gasteiger partial charge on any atom is -0.413 e. The zero-order chi connectivity index (χ0) is 8.53. The van der Waals surface area contributed by atoms with E-state index in [0.29, 0.717) is 13.2 Å². The van der Waals surface area contributed by atoms with E-state index >= 15 is 0 Å². The molecule has 5 heteroatoms. The van der Waals surface area contributed by atoms with Crippen LogP contribution in [-0.2, 0) is 13.0 Å². The second-order valence-electron chi connectivity index (χ2n) is 2.05. The van der Waals surface area contributed by atoms with Gasteiger partial charge in [0.2, 0.25) is 10.5 Å². The third-order valence-corrected chi connectivity index (χ3v) is 2.48. The van der Waals surface area contributed by atoms with E-state index in [0.717, 1.165) is 12.8 Å². The fourth-order valence-electron chi connectivity index (χ4n) is 0.471. The quantitative estimate of drug-likeness (QED) is 0.559. The summed E-state index contributed by atoms with van der Waals surface area (Å²) in [5.74, 6) is 0. The van der Waals surface area contributed by atoms with Crippen molar-refractivity contribution in [3.8, 4) is 0 Å². The van der Waals surface area contributed by atoms with Crippen molar-refractivity contribution in [2.45, 2.75) is 26.7 Å². The van der Waals surface area contributed by atoms with E-state index in [1.165, 1.54) is 0 Å². The van der Waals surface area contributed by atoms with Crippen LogP contribution in [0.3, 0.4) is 0 Å². The fourth-order valence-corrected chi connectivity index (χ4v) is 1.77. The first-order valence-corrected chi connectivity index (χ1v) is 5.44. The maximum absolute atomic E-state index is 5.25. The van der Waals surface area contributed by atoms with Gasteiger partial charge in [-0.15, -0.1) is 0 Å². The van der Waals surface area contributed by atoms with Crippen LogP contribution < -0.4 is 0 Å². The predicted molar refractivity (Wildman–Crippen MR) is 45.1 cm³/mol. The van der Waals surface area contributed by atoms with Crippen molar-refractivity contribution >= 4 is 20.0 Å². The Morgan fingerprint density at radius 3 is 1.82 bits per heavy atom. The third kappa shape index (κ3) is 6.70. The van der Waals surface area contributed by atoms with E-state index < -0.39 is 9.53 Å². The first-order chi connectivity index (χ1) is 5.35. The van der Waals surface area contributed by atoms with Crippen LogP contribution in [0.15, 0.2) is 0 Å². The lowest BCUT2D eigenvalue weighted by Crippen LogP contribution is -2.26. The molecule has 0 aliphatic carbocycles. The maximum Gasteiger partial charge on any atom is 0.566 e. The molecule has 0 heterocycles. The molecule has 4 radical (unpaired) electrons. The molecule has 0 amide bonds. The van der Waals surface area contributed by atoms with Crippen molar-refractivity contribution in [2.75, 3.05) is 13.2 Å². The van der Waals surface area contributed by atoms with Gasteiger partial charge >= 0.3 is 9.53 Å². The van der Waals surface area contributed by atoms with Crippen molar-refractivity contribution in [3.63, 3.8) is 0 Å². The third-order valence-electron chi connectivity index (χ3n) is 0.931. The average molecular weight is 190 g/mol. The van der Waals surface area contributed by atoms with Crippen molar-refractivity contribution in [1.29, 1.82) is 0 Å². The van der Waals surface area contributed by atoms with Crippen LogP contribution in [0.5, 0.6) is 0 Å². The molecule has 0 aromatic rings. The Hall–Kier alpha value is 0.314. The Labute approximate surface area is 73.5 Å². The molecule has 11 heavy (non-hydrogen) atoms. The molecule has 0 aliphatic rings. The predicted octanol–water partition coefficient (Wildman–Crippen LogP) is 0.925. The van der Waals surface area contributed by atoms with Gasteiger partial charge in [0.15, 0.2) is 0 Å². The average Bonchev–Trinajstić information content (AvgIpc) is 2.05. The van der Waals surface area contributed by atoms with Crippen LogP contribution in [0.4, 0.5) is 0 Å². The molecule has 0 atom stereocenters. The van der Waals surface area contributed by atoms with Gasteiger partial charge < -0.3 is 13.0 Å². The Kier molecular flexibility index (Phi) is 8.65. The molecule has 0 unspecified atom stereocenters. The minimum absolute atomic E-state index is 0.697. The van der Waals surface area contributed by atoms with Gasteiger partial charge in [-0.1, -0.05) is 13.8 Å². The highest BCUT2D eigenvalue weighted by Crippen LogP contribution is 1.92. The summed E-state index contributed by atoms with van der Waals surface area (Å²) in [6.07, 6.45) is 1.97. The Balaban J connectivity index is 3.25. The second kappa shape index (κ2) is 8.41. The smallest absolute Gasteiger partial charge is 0.413 e. The van der Waals surface area contributed by atoms with Crippen molar-refractivity contribution < 1.29 is 13.0 Å². The summed E-state index contributed by atoms with van der Waals surface area (Å²) in [7, 11) is 1.42. The summed E-state index contributed by atoms with van der Waals surface area (Å²) in [6, 6.07) is 0. The Morgan fingerprint density at radius 2 is 1.55 bits per heavy atom. The highest BCUT2D eigenvalue weighted by atomic mass is 28.4. The molecule has 0 N–H and O–H groups in total. The van der Waals surface area contributed by atoms with Gasteiger partial charge in [-0.05, 0) is 12.8 Å². The molecule has 0 spiro atoms. The Morgan fingerprint density at radius 1 is 1.09 bits per heavy atom. The molecule has 0 saturated carbocycles. The summed E-state index contributed by atoms with van der Waals surface area (Å²) in [4.78, 5) is 0. The topological polar surface area (TPSA) is 27.7 Å². The van der Waals surface area contributed by atoms with E-state index in [1.807, 2.05) is 13.8 Å². The summed E-state index contributed by atoms with van der Waals surface area (Å²) >= 11 is 0. The molecule has 3 nitrogen and oxygen atoms in total. The van der Waals surface area contributed by atoms with E-state index in [4.69, 9.17) is 13.0 Å². The molecule has 0 saturated heterocycles. The lowest BCUT2D eigenvalue weighted by Gasteiger charge is -2.10. The van der Waals surface area contributed by atoms with Gasteiger partial charge in [-0.25, -0.2) is 0 Å². The van der Waals surface area contributed by atoms with Gasteiger partial charge in [-0.3, -0.25) is 0 Å². The van der Waals surface area contributed by atoms with E-state index in [1.54, 1.807) is 0 Å². The molecule has 0 fully saturated rings. The second-order valence-corrected chi connectivity index (χ2v) is 3.94. The van der Waals surface area contributed by atoms with Crippen LogP contribution in [0.2, 0.25) is 0 Å². The van der Waals surface area contributed by atoms with E-state index in [-0.39, 0.29) is 0 Å². The number of hydrogen-bond donors (Lipinski definition) is 0. The SMILES string of the molecule is CCCO[Si](O[Si])OCCC. The summed E-state index contributed by atoms with van der Waals surface area (Å²) in [5.41, 5.74) is 0. The largest absolute Gasteiger partial charge is 0.566 e. The van der Waals surface area contributed by atoms with Crippen molar-refractivity contribution in [2.24, 2.45) is 0 Å². The van der Waals surface area contributed by atoms with Crippen molar-refractivity contribution in [1.82, 2.24) is 0 Å². The van der Waals surface area contributed by atoms with Gasteiger partial charge in [0, 0.05) is 13.2 Å². The zero-order valence-electron chi connectivity index (χ0n) is 7.05. The maximum atomic E-state index is 5.25. The van der Waals surface area contributed by atoms with Crippen LogP contribution in [0.25, 0.3) is 0 Å². The summed E-state index contributed by atoms with van der Waals surface area (Å²) in [5, 5.41) is 0. The molecule has 0 rings (SSSR count). The molecule has 64 valence electrons. The van der Waals surface area contributed by atoms with Crippen molar-refractivity contribution in [3.05, 3.63) is 0 Å². The number of hydrogen-bond acceptors (Lipinski definition) is 3. The lowest BCUT2D eigenvalue weighted by molar-refractivity contribution is 0.144. The monoisotopic (exact) mass is 190 g/mol. The fraction of sp³-hybridized carbons (Fsp3) is 1.00. The number of rotatable bonds is 7. The van der Waals surface area contributed by atoms with Crippen LogP contribution >= 0.6 is 0 Å². The van der Waals surface area contributed by atoms with E-state index in [2.05, 4.69) is 10.5 Å². The molecular formula is C6H14O3Si2. The highest BCUT2D eigenvalue weighted by Gasteiger charge is 2.14. The van der Waals surface area contributed by atoms with Gasteiger partial charge in [0.25, 0.3) is 0 Å². The normalized spacial score (nSPS) is 10.9. The zero-order valence-corrected chi connectivity index (χ0v) is 9.05. The molecule has 0 aliphatic heterocycles. The van der Waals surface area contributed by atoms with Gasteiger partial charge in [0.05, 0.1) is 0 Å². The standard InChI is InChI=1S/C6H14O3Si2/c1-3-5-7-11(9-10)8-6-4-2/h3-6H2,1-2H3. The minimum atomic E-state index is -1.50. The summed E-state index contributed by atoms with van der Waals surface area (Å²) in [6.45, 7) is 5.49. The molecule has 0 aromatic heterocycles. The Bertz CT molecular complexity index is 74.2. The lowest BCUT2D eigenvalue weighted by atomic mass is 10.5. The molecular weight excluding hydrogens is 176 g/mol. The summed E-state index contributed by atoms with van der Waals surface area (Å²) < 4.78 is 15.3. The first-order valence-electron chi connectivity index (χ1n) is 3.81.